The Balaban J connectivity index is 3.01. The number of rotatable bonds is 0. The van der Waals surface area contributed by atoms with Gasteiger partial charge in [0.1, 0.15) is 0 Å². The van der Waals surface area contributed by atoms with E-state index in [0.29, 0.717) is 11.6 Å². The number of anilines is 1. The molecule has 0 saturated heterocycles. The number of nitrogen functional groups attached to an aromatic ring is 1. The summed E-state index contributed by atoms with van der Waals surface area (Å²) in [6, 6.07) is 5.58. The maximum Gasteiger partial charge on any atom is 0.0839 e. The van der Waals surface area contributed by atoms with Crippen LogP contribution in [0.2, 0.25) is 0 Å². The van der Waals surface area contributed by atoms with E-state index in [1.807, 2.05) is 18.2 Å². The highest BCUT2D eigenvalue weighted by Crippen LogP contribution is 2.17. The molecule has 62 valence electrons. The Kier molecular flexibility index (Phi) is 3.46. The molecule has 2 N–H and O–H groups in total. The first-order chi connectivity index (χ1) is 5.74. The zero-order valence-electron chi connectivity index (χ0n) is 6.27. The standard InChI is InChI=1S/C9H7BrClN/c10-8-4-3-7(2-1-5-11)9(12)6-8/h3-4,6H,5,12H2. The Hall–Kier alpha value is -0.650. The summed E-state index contributed by atoms with van der Waals surface area (Å²) in [4.78, 5) is 0. The van der Waals surface area contributed by atoms with Crippen LogP contribution in [0.3, 0.4) is 0 Å². The van der Waals surface area contributed by atoms with Crippen molar-refractivity contribution < 1.29 is 0 Å². The topological polar surface area (TPSA) is 26.0 Å². The predicted octanol–water partition coefficient (Wildman–Crippen LogP) is 2.62. The van der Waals surface area contributed by atoms with Crippen molar-refractivity contribution in [1.82, 2.24) is 0 Å². The number of nitrogens with two attached hydrogens (primary N) is 1. The van der Waals surface area contributed by atoms with Gasteiger partial charge < -0.3 is 5.73 Å². The smallest absolute Gasteiger partial charge is 0.0839 e. The molecule has 12 heavy (non-hydrogen) atoms. The lowest BCUT2D eigenvalue weighted by Gasteiger charge is -1.97. The molecule has 0 atom stereocenters. The molecule has 0 amide bonds. The molecule has 0 bridgehead atoms. The molecule has 0 aromatic heterocycles. The molecule has 0 heterocycles. The van der Waals surface area contributed by atoms with Gasteiger partial charge in [0.2, 0.25) is 0 Å². The number of hydrogen-bond acceptors (Lipinski definition) is 1. The number of halogens is 2. The van der Waals surface area contributed by atoms with E-state index in [9.17, 15) is 0 Å². The highest BCUT2D eigenvalue weighted by molar-refractivity contribution is 9.10. The fourth-order valence-corrected chi connectivity index (χ4v) is 1.22. The van der Waals surface area contributed by atoms with Crippen LogP contribution >= 0.6 is 27.5 Å². The molecule has 0 aliphatic heterocycles. The van der Waals surface area contributed by atoms with Crippen LogP contribution in [0.1, 0.15) is 5.56 Å². The van der Waals surface area contributed by atoms with Crippen molar-refractivity contribution in [2.45, 2.75) is 0 Å². The maximum atomic E-state index is 5.69. The van der Waals surface area contributed by atoms with Gasteiger partial charge >= 0.3 is 0 Å². The average molecular weight is 245 g/mol. The van der Waals surface area contributed by atoms with Gasteiger partial charge in [0.15, 0.2) is 0 Å². The molecule has 0 saturated carbocycles. The van der Waals surface area contributed by atoms with Crippen molar-refractivity contribution in [3.05, 3.63) is 28.2 Å². The molecule has 0 aliphatic carbocycles. The van der Waals surface area contributed by atoms with E-state index in [1.165, 1.54) is 0 Å². The first-order valence-corrected chi connectivity index (χ1v) is 4.66. The highest BCUT2D eigenvalue weighted by Gasteiger charge is 1.94. The lowest BCUT2D eigenvalue weighted by Crippen LogP contribution is -1.89. The molecule has 0 unspecified atom stereocenters. The van der Waals surface area contributed by atoms with Crippen molar-refractivity contribution in [1.29, 1.82) is 0 Å². The second-order valence-electron chi connectivity index (χ2n) is 2.17. The number of benzene rings is 1. The lowest BCUT2D eigenvalue weighted by molar-refractivity contribution is 1.59. The van der Waals surface area contributed by atoms with E-state index in [4.69, 9.17) is 17.3 Å². The van der Waals surface area contributed by atoms with Gasteiger partial charge in [-0.3, -0.25) is 0 Å². The Morgan fingerprint density at radius 1 is 1.50 bits per heavy atom. The molecule has 1 aromatic carbocycles. The minimum Gasteiger partial charge on any atom is -0.398 e. The van der Waals surface area contributed by atoms with Crippen LogP contribution in [0.4, 0.5) is 5.69 Å². The van der Waals surface area contributed by atoms with Crippen LogP contribution in [-0.2, 0) is 0 Å². The third-order valence-corrected chi connectivity index (χ3v) is 1.93. The quantitative estimate of drug-likeness (QED) is 0.424. The van der Waals surface area contributed by atoms with Crippen molar-refractivity contribution in [2.24, 2.45) is 0 Å². The minimum atomic E-state index is 0.329. The fraction of sp³-hybridized carbons (Fsp3) is 0.111. The molecule has 3 heteroatoms. The maximum absolute atomic E-state index is 5.69. The minimum absolute atomic E-state index is 0.329. The van der Waals surface area contributed by atoms with Crippen LogP contribution < -0.4 is 5.73 Å². The predicted molar refractivity (Wildman–Crippen MR) is 56.2 cm³/mol. The number of hydrogen-bond donors (Lipinski definition) is 1. The van der Waals surface area contributed by atoms with Crippen LogP contribution in [0.15, 0.2) is 22.7 Å². The summed E-state index contributed by atoms with van der Waals surface area (Å²) in [5, 5.41) is 0. The normalized spacial score (nSPS) is 8.83. The summed E-state index contributed by atoms with van der Waals surface area (Å²) in [5.74, 6) is 5.94. The zero-order valence-corrected chi connectivity index (χ0v) is 8.61. The Bertz CT molecular complexity index is 338. The van der Waals surface area contributed by atoms with Gasteiger partial charge in [-0.15, -0.1) is 11.6 Å². The van der Waals surface area contributed by atoms with E-state index in [2.05, 4.69) is 27.8 Å². The van der Waals surface area contributed by atoms with Crippen molar-refractivity contribution in [3.8, 4) is 11.8 Å². The summed E-state index contributed by atoms with van der Waals surface area (Å²) in [5.41, 5.74) is 7.17. The van der Waals surface area contributed by atoms with E-state index < -0.39 is 0 Å². The molecular weight excluding hydrogens is 237 g/mol. The third kappa shape index (κ3) is 2.44. The van der Waals surface area contributed by atoms with Crippen molar-refractivity contribution >= 4 is 33.2 Å². The fourth-order valence-electron chi connectivity index (χ4n) is 0.776. The van der Waals surface area contributed by atoms with E-state index in [1.54, 1.807) is 0 Å². The van der Waals surface area contributed by atoms with Crippen molar-refractivity contribution in [3.63, 3.8) is 0 Å². The van der Waals surface area contributed by atoms with Gasteiger partial charge in [-0.1, -0.05) is 27.8 Å². The van der Waals surface area contributed by atoms with Crippen LogP contribution in [0, 0.1) is 11.8 Å². The second kappa shape index (κ2) is 4.39. The Labute approximate surface area is 85.0 Å². The molecule has 0 radical (unpaired) electrons. The van der Waals surface area contributed by atoms with Gasteiger partial charge in [0, 0.05) is 15.7 Å². The number of alkyl halides is 1. The summed E-state index contributed by atoms with van der Waals surface area (Å²) in [6.07, 6.45) is 0. The van der Waals surface area contributed by atoms with Gasteiger partial charge in [0.25, 0.3) is 0 Å². The van der Waals surface area contributed by atoms with Gasteiger partial charge in [-0.2, -0.15) is 0 Å². The SMILES string of the molecule is Nc1cc(Br)ccc1C#CCCl. The molecule has 0 spiro atoms. The van der Waals surface area contributed by atoms with Gasteiger partial charge in [-0.05, 0) is 18.2 Å². The second-order valence-corrected chi connectivity index (χ2v) is 3.35. The zero-order chi connectivity index (χ0) is 8.97. The van der Waals surface area contributed by atoms with Crippen LogP contribution in [-0.4, -0.2) is 5.88 Å². The molecule has 1 aromatic rings. The summed E-state index contributed by atoms with van der Waals surface area (Å²) in [7, 11) is 0. The van der Waals surface area contributed by atoms with Crippen molar-refractivity contribution in [2.75, 3.05) is 11.6 Å². The Morgan fingerprint density at radius 2 is 2.25 bits per heavy atom. The van der Waals surface area contributed by atoms with Crippen LogP contribution in [0.25, 0.3) is 0 Å². The molecule has 0 fully saturated rings. The van der Waals surface area contributed by atoms with Crippen LogP contribution in [0.5, 0.6) is 0 Å². The average Bonchev–Trinajstić information content (AvgIpc) is 2.03. The van der Waals surface area contributed by atoms with Gasteiger partial charge in [-0.25, -0.2) is 0 Å². The van der Waals surface area contributed by atoms with E-state index in [0.717, 1.165) is 10.0 Å². The lowest BCUT2D eigenvalue weighted by atomic mass is 10.2. The molecular formula is C9H7BrClN. The first kappa shape index (κ1) is 9.44. The van der Waals surface area contributed by atoms with E-state index >= 15 is 0 Å². The monoisotopic (exact) mass is 243 g/mol. The summed E-state index contributed by atoms with van der Waals surface area (Å²) < 4.78 is 0.955. The van der Waals surface area contributed by atoms with Gasteiger partial charge in [0.05, 0.1) is 5.88 Å². The first-order valence-electron chi connectivity index (χ1n) is 3.34. The summed E-state index contributed by atoms with van der Waals surface area (Å²) in [6.45, 7) is 0. The molecule has 1 rings (SSSR count). The third-order valence-electron chi connectivity index (χ3n) is 1.30. The van der Waals surface area contributed by atoms with E-state index in [-0.39, 0.29) is 0 Å². The Morgan fingerprint density at radius 3 is 2.83 bits per heavy atom. The molecule has 1 nitrogen and oxygen atoms in total. The molecule has 0 aliphatic rings. The largest absolute Gasteiger partial charge is 0.398 e. The summed E-state index contributed by atoms with van der Waals surface area (Å²) >= 11 is 8.72. The highest BCUT2D eigenvalue weighted by atomic mass is 79.9.